The Hall–Kier alpha value is -0.980. The number of likely N-dealkylation sites (tertiary alicyclic amines) is 1. The number of guanidine groups is 1. The standard InChI is InChI=1S/C17H28N4.HI/c1-15-8-7-12-21(14-15)17(18-2)19-11-13-20(3)16-9-5-4-6-10-16;/h4-6,9-10,15H,7-8,11-14H2,1-3H3,(H,18,19);1H. The van der Waals surface area contributed by atoms with Crippen LogP contribution < -0.4 is 10.2 Å². The molecule has 124 valence electrons. The molecule has 5 heteroatoms. The molecule has 1 aliphatic rings. The van der Waals surface area contributed by atoms with Gasteiger partial charge in [0.15, 0.2) is 5.96 Å². The van der Waals surface area contributed by atoms with Crippen molar-refractivity contribution < 1.29 is 0 Å². The van der Waals surface area contributed by atoms with E-state index in [9.17, 15) is 0 Å². The number of likely N-dealkylation sites (N-methyl/N-ethyl adjacent to an activating group) is 1. The molecule has 0 aliphatic carbocycles. The van der Waals surface area contributed by atoms with Crippen molar-refractivity contribution in [1.82, 2.24) is 10.2 Å². The summed E-state index contributed by atoms with van der Waals surface area (Å²) >= 11 is 0. The zero-order valence-electron chi connectivity index (χ0n) is 14.0. The second-order valence-electron chi connectivity index (χ2n) is 5.92. The molecule has 0 saturated carbocycles. The average molecular weight is 416 g/mol. The van der Waals surface area contributed by atoms with Gasteiger partial charge in [0.25, 0.3) is 0 Å². The van der Waals surface area contributed by atoms with Crippen molar-refractivity contribution in [3.8, 4) is 0 Å². The Kier molecular flexibility index (Phi) is 8.60. The molecular formula is C17H29IN4. The normalized spacial score (nSPS) is 18.6. The minimum absolute atomic E-state index is 0. The van der Waals surface area contributed by atoms with Crippen LogP contribution in [0.4, 0.5) is 5.69 Å². The summed E-state index contributed by atoms with van der Waals surface area (Å²) in [4.78, 5) is 9.08. The first-order chi connectivity index (χ1) is 10.2. The lowest BCUT2D eigenvalue weighted by Crippen LogP contribution is -2.47. The Bertz CT molecular complexity index is 449. The zero-order chi connectivity index (χ0) is 15.1. The molecule has 0 radical (unpaired) electrons. The minimum Gasteiger partial charge on any atom is -0.373 e. The molecule has 4 nitrogen and oxygen atoms in total. The van der Waals surface area contributed by atoms with Crippen molar-refractivity contribution in [3.05, 3.63) is 30.3 Å². The summed E-state index contributed by atoms with van der Waals surface area (Å²) < 4.78 is 0. The van der Waals surface area contributed by atoms with Crippen LogP contribution in [0.5, 0.6) is 0 Å². The van der Waals surface area contributed by atoms with Crippen molar-refractivity contribution >= 4 is 35.6 Å². The lowest BCUT2D eigenvalue weighted by atomic mass is 10.0. The maximum absolute atomic E-state index is 4.43. The van der Waals surface area contributed by atoms with E-state index < -0.39 is 0 Å². The number of rotatable bonds is 4. The monoisotopic (exact) mass is 416 g/mol. The first-order valence-corrected chi connectivity index (χ1v) is 7.92. The molecule has 1 aliphatic heterocycles. The molecule has 1 aromatic rings. The summed E-state index contributed by atoms with van der Waals surface area (Å²) in [6, 6.07) is 10.5. The van der Waals surface area contributed by atoms with E-state index in [0.29, 0.717) is 0 Å². The second kappa shape index (κ2) is 9.92. The highest BCUT2D eigenvalue weighted by atomic mass is 127. The first-order valence-electron chi connectivity index (χ1n) is 7.92. The highest BCUT2D eigenvalue weighted by Crippen LogP contribution is 2.15. The summed E-state index contributed by atoms with van der Waals surface area (Å²) in [5.41, 5.74) is 1.25. The smallest absolute Gasteiger partial charge is 0.193 e. The molecule has 22 heavy (non-hydrogen) atoms. The molecule has 1 unspecified atom stereocenters. The molecule has 1 aromatic carbocycles. The third-order valence-electron chi connectivity index (χ3n) is 4.10. The number of nitrogens with one attached hydrogen (secondary N) is 1. The van der Waals surface area contributed by atoms with Crippen molar-refractivity contribution in [2.24, 2.45) is 10.9 Å². The first kappa shape index (κ1) is 19.1. The molecule has 0 aromatic heterocycles. The summed E-state index contributed by atoms with van der Waals surface area (Å²) in [6.45, 7) is 6.44. The fraction of sp³-hybridized carbons (Fsp3) is 0.588. The van der Waals surface area contributed by atoms with Crippen LogP contribution in [0, 0.1) is 5.92 Å². The molecular weight excluding hydrogens is 387 g/mol. The predicted octanol–water partition coefficient (Wildman–Crippen LogP) is 3.05. The molecule has 1 N–H and O–H groups in total. The van der Waals surface area contributed by atoms with Crippen LogP contribution in [0.25, 0.3) is 0 Å². The minimum atomic E-state index is 0. The largest absolute Gasteiger partial charge is 0.373 e. The fourth-order valence-corrected chi connectivity index (χ4v) is 2.86. The van der Waals surface area contributed by atoms with E-state index in [0.717, 1.165) is 38.1 Å². The molecule has 1 saturated heterocycles. The topological polar surface area (TPSA) is 30.9 Å². The van der Waals surface area contributed by atoms with Crippen LogP contribution in [0.2, 0.25) is 0 Å². The molecule has 2 rings (SSSR count). The van der Waals surface area contributed by atoms with Crippen LogP contribution in [-0.2, 0) is 0 Å². The van der Waals surface area contributed by atoms with Crippen LogP contribution >= 0.6 is 24.0 Å². The Morgan fingerprint density at radius 2 is 2.09 bits per heavy atom. The van der Waals surface area contributed by atoms with E-state index in [4.69, 9.17) is 0 Å². The molecule has 0 spiro atoms. The van der Waals surface area contributed by atoms with Gasteiger partial charge in [0.1, 0.15) is 0 Å². The SMILES string of the molecule is CN=C(NCCN(C)c1ccccc1)N1CCCC(C)C1.I. The Morgan fingerprint density at radius 1 is 1.36 bits per heavy atom. The third kappa shape index (κ3) is 5.66. The number of para-hydroxylation sites is 1. The van der Waals surface area contributed by atoms with E-state index in [-0.39, 0.29) is 24.0 Å². The van der Waals surface area contributed by atoms with Crippen molar-refractivity contribution in [3.63, 3.8) is 0 Å². The lowest BCUT2D eigenvalue weighted by molar-refractivity contribution is 0.266. The Labute approximate surface area is 152 Å². The zero-order valence-corrected chi connectivity index (χ0v) is 16.3. The number of hydrogen-bond donors (Lipinski definition) is 1. The van der Waals surface area contributed by atoms with Gasteiger partial charge >= 0.3 is 0 Å². The summed E-state index contributed by atoms with van der Waals surface area (Å²) in [5.74, 6) is 1.81. The second-order valence-corrected chi connectivity index (χ2v) is 5.92. The molecule has 0 amide bonds. The van der Waals surface area contributed by atoms with Gasteiger partial charge in [0.05, 0.1) is 0 Å². The number of piperidine rings is 1. The predicted molar refractivity (Wildman–Crippen MR) is 106 cm³/mol. The van der Waals surface area contributed by atoms with E-state index in [1.165, 1.54) is 18.5 Å². The maximum atomic E-state index is 4.43. The molecule has 1 atom stereocenters. The van der Waals surface area contributed by atoms with Gasteiger partial charge in [-0.1, -0.05) is 25.1 Å². The maximum Gasteiger partial charge on any atom is 0.193 e. The lowest BCUT2D eigenvalue weighted by Gasteiger charge is -2.33. The number of halogens is 1. The van der Waals surface area contributed by atoms with Gasteiger partial charge in [-0.3, -0.25) is 4.99 Å². The fourth-order valence-electron chi connectivity index (χ4n) is 2.86. The number of hydrogen-bond acceptors (Lipinski definition) is 2. The highest BCUT2D eigenvalue weighted by molar-refractivity contribution is 14.0. The van der Waals surface area contributed by atoms with Gasteiger partial charge < -0.3 is 15.1 Å². The van der Waals surface area contributed by atoms with Gasteiger partial charge in [0, 0.05) is 46.0 Å². The van der Waals surface area contributed by atoms with Gasteiger partial charge in [-0.05, 0) is 30.9 Å². The van der Waals surface area contributed by atoms with Gasteiger partial charge in [0.2, 0.25) is 0 Å². The van der Waals surface area contributed by atoms with Crippen LogP contribution in [-0.4, -0.2) is 51.1 Å². The molecule has 1 heterocycles. The number of benzene rings is 1. The summed E-state index contributed by atoms with van der Waals surface area (Å²) in [6.07, 6.45) is 2.61. The van der Waals surface area contributed by atoms with Gasteiger partial charge in [-0.15, -0.1) is 24.0 Å². The van der Waals surface area contributed by atoms with Crippen LogP contribution in [0.1, 0.15) is 19.8 Å². The quantitative estimate of drug-likeness (QED) is 0.465. The van der Waals surface area contributed by atoms with Gasteiger partial charge in [-0.25, -0.2) is 0 Å². The number of anilines is 1. The highest BCUT2D eigenvalue weighted by Gasteiger charge is 2.18. The van der Waals surface area contributed by atoms with Crippen LogP contribution in [0.3, 0.4) is 0 Å². The van der Waals surface area contributed by atoms with Crippen LogP contribution in [0.15, 0.2) is 35.3 Å². The van der Waals surface area contributed by atoms with E-state index in [1.54, 1.807) is 0 Å². The number of nitrogens with zero attached hydrogens (tertiary/aromatic N) is 3. The molecule has 0 bridgehead atoms. The molecule has 1 fully saturated rings. The number of aliphatic imine (C=N–C) groups is 1. The average Bonchev–Trinajstić information content (AvgIpc) is 2.52. The Morgan fingerprint density at radius 3 is 2.73 bits per heavy atom. The van der Waals surface area contributed by atoms with E-state index in [2.05, 4.69) is 64.4 Å². The van der Waals surface area contributed by atoms with Gasteiger partial charge in [-0.2, -0.15) is 0 Å². The summed E-state index contributed by atoms with van der Waals surface area (Å²) in [7, 11) is 4.01. The Balaban J connectivity index is 0.00000242. The van der Waals surface area contributed by atoms with Crippen molar-refractivity contribution in [2.75, 3.05) is 45.2 Å². The van der Waals surface area contributed by atoms with Crippen molar-refractivity contribution in [1.29, 1.82) is 0 Å². The van der Waals surface area contributed by atoms with E-state index >= 15 is 0 Å². The third-order valence-corrected chi connectivity index (χ3v) is 4.10. The van der Waals surface area contributed by atoms with E-state index in [1.807, 2.05) is 7.05 Å². The van der Waals surface area contributed by atoms with Crippen molar-refractivity contribution in [2.45, 2.75) is 19.8 Å². The summed E-state index contributed by atoms with van der Waals surface area (Å²) in [5, 5.41) is 3.49.